The first-order chi connectivity index (χ1) is 5.92. The Kier molecular flexibility index (Phi) is 1.63. The number of fused-ring (bicyclic) bond motifs is 1. The molecule has 0 unspecified atom stereocenters. The Morgan fingerprint density at radius 3 is 3.00 bits per heavy atom. The molecule has 0 aliphatic rings. The van der Waals surface area contributed by atoms with E-state index in [1.807, 2.05) is 24.3 Å². The van der Waals surface area contributed by atoms with Crippen molar-refractivity contribution >= 4 is 10.9 Å². The number of hydrogen-bond donors (Lipinski definition) is 0. The Bertz CT molecular complexity index is 395. The number of rotatable bonds is 1. The summed E-state index contributed by atoms with van der Waals surface area (Å²) in [5.74, 6) is 0.764. The fourth-order valence-corrected chi connectivity index (χ4v) is 1.15. The van der Waals surface area contributed by atoms with Crippen molar-refractivity contribution in [1.29, 1.82) is 0 Å². The highest BCUT2D eigenvalue weighted by Crippen LogP contribution is 2.21. The van der Waals surface area contributed by atoms with Gasteiger partial charge in [-0.15, -0.1) is 5.10 Å². The summed E-state index contributed by atoms with van der Waals surface area (Å²) in [7, 11) is 1.63. The maximum absolute atomic E-state index is 5.12. The summed E-state index contributed by atoms with van der Waals surface area (Å²) in [6.45, 7) is 0. The van der Waals surface area contributed by atoms with Crippen molar-refractivity contribution in [2.45, 2.75) is 0 Å². The predicted octanol–water partition coefficient (Wildman–Crippen LogP) is 1.64. The molecule has 2 aromatic rings. The fourth-order valence-electron chi connectivity index (χ4n) is 1.15. The maximum atomic E-state index is 5.12. The average molecular weight is 160 g/mol. The number of aromatic nitrogens is 2. The van der Waals surface area contributed by atoms with Gasteiger partial charge in [0.1, 0.15) is 11.3 Å². The molecule has 0 spiro atoms. The molecule has 0 saturated carbocycles. The summed E-state index contributed by atoms with van der Waals surface area (Å²) in [4.78, 5) is 0. The van der Waals surface area contributed by atoms with Crippen molar-refractivity contribution in [3.8, 4) is 5.75 Å². The molecule has 60 valence electrons. The first-order valence-corrected chi connectivity index (χ1v) is 3.66. The summed E-state index contributed by atoms with van der Waals surface area (Å²) in [6.07, 6.45) is 1.67. The minimum atomic E-state index is 0.764. The van der Waals surface area contributed by atoms with Crippen LogP contribution < -0.4 is 4.74 Å². The molecule has 1 aromatic heterocycles. The lowest BCUT2D eigenvalue weighted by atomic mass is 10.2. The van der Waals surface area contributed by atoms with Gasteiger partial charge < -0.3 is 4.74 Å². The number of nitrogens with zero attached hydrogens (tertiary/aromatic N) is 2. The highest BCUT2D eigenvalue weighted by molar-refractivity contribution is 5.83. The van der Waals surface area contributed by atoms with Crippen LogP contribution in [0.15, 0.2) is 30.5 Å². The van der Waals surface area contributed by atoms with E-state index >= 15 is 0 Å². The molecule has 0 saturated heterocycles. The molecule has 0 amide bonds. The zero-order chi connectivity index (χ0) is 8.39. The zero-order valence-corrected chi connectivity index (χ0v) is 6.69. The minimum absolute atomic E-state index is 0.764. The fraction of sp³-hybridized carbons (Fsp3) is 0.111. The van der Waals surface area contributed by atoms with Gasteiger partial charge in [-0.2, -0.15) is 5.10 Å². The van der Waals surface area contributed by atoms with Crippen LogP contribution in [0.2, 0.25) is 0 Å². The summed E-state index contributed by atoms with van der Waals surface area (Å²) in [5.41, 5.74) is 0.808. The van der Waals surface area contributed by atoms with Crippen molar-refractivity contribution in [1.82, 2.24) is 10.2 Å². The molecular weight excluding hydrogens is 152 g/mol. The van der Waals surface area contributed by atoms with Gasteiger partial charge in [0.2, 0.25) is 0 Å². The Morgan fingerprint density at radius 1 is 1.25 bits per heavy atom. The molecule has 3 heteroatoms. The summed E-state index contributed by atoms with van der Waals surface area (Å²) in [5, 5.41) is 8.81. The van der Waals surface area contributed by atoms with Gasteiger partial charge in [0.25, 0.3) is 0 Å². The molecule has 3 nitrogen and oxygen atoms in total. The van der Waals surface area contributed by atoms with Gasteiger partial charge in [-0.3, -0.25) is 0 Å². The van der Waals surface area contributed by atoms with E-state index in [0.717, 1.165) is 16.7 Å². The van der Waals surface area contributed by atoms with E-state index in [2.05, 4.69) is 10.2 Å². The van der Waals surface area contributed by atoms with Crippen molar-refractivity contribution < 1.29 is 4.74 Å². The Balaban J connectivity index is 2.79. The lowest BCUT2D eigenvalue weighted by Gasteiger charge is -2.01. The van der Waals surface area contributed by atoms with Crippen LogP contribution in [0.3, 0.4) is 0 Å². The van der Waals surface area contributed by atoms with Gasteiger partial charge in [0, 0.05) is 5.39 Å². The van der Waals surface area contributed by atoms with Crippen molar-refractivity contribution in [2.75, 3.05) is 7.11 Å². The molecule has 0 aliphatic carbocycles. The van der Waals surface area contributed by atoms with Crippen LogP contribution in [0, 0.1) is 0 Å². The molecule has 12 heavy (non-hydrogen) atoms. The van der Waals surface area contributed by atoms with Gasteiger partial charge in [0.15, 0.2) is 0 Å². The van der Waals surface area contributed by atoms with Crippen LogP contribution in [-0.4, -0.2) is 17.3 Å². The smallest absolute Gasteiger partial charge is 0.146 e. The van der Waals surface area contributed by atoms with Crippen LogP contribution in [0.1, 0.15) is 0 Å². The number of benzene rings is 1. The van der Waals surface area contributed by atoms with Gasteiger partial charge in [0.05, 0.1) is 13.3 Å². The third kappa shape index (κ3) is 0.993. The van der Waals surface area contributed by atoms with E-state index in [1.165, 1.54) is 0 Å². The quantitative estimate of drug-likeness (QED) is 0.636. The Labute approximate surface area is 70.0 Å². The molecule has 0 N–H and O–H groups in total. The van der Waals surface area contributed by atoms with E-state index in [-0.39, 0.29) is 0 Å². The van der Waals surface area contributed by atoms with Crippen LogP contribution >= 0.6 is 0 Å². The van der Waals surface area contributed by atoms with Gasteiger partial charge >= 0.3 is 0 Å². The largest absolute Gasteiger partial charge is 0.494 e. The van der Waals surface area contributed by atoms with Crippen LogP contribution in [0.4, 0.5) is 0 Å². The van der Waals surface area contributed by atoms with Crippen molar-refractivity contribution in [3.63, 3.8) is 0 Å². The summed E-state index contributed by atoms with van der Waals surface area (Å²) in [6, 6.07) is 7.69. The van der Waals surface area contributed by atoms with Gasteiger partial charge in [-0.25, -0.2) is 0 Å². The monoisotopic (exact) mass is 160 g/mol. The highest BCUT2D eigenvalue weighted by atomic mass is 16.5. The van der Waals surface area contributed by atoms with E-state index in [4.69, 9.17) is 4.74 Å². The third-order valence-electron chi connectivity index (χ3n) is 1.73. The standard InChI is InChI=1S/C9H8N2O/c1-12-8-4-2-3-7-5-6-10-11-9(7)8/h2-6H,1H3. The second-order valence-electron chi connectivity index (χ2n) is 2.43. The topological polar surface area (TPSA) is 35.0 Å². The van der Waals surface area contributed by atoms with E-state index in [9.17, 15) is 0 Å². The highest BCUT2D eigenvalue weighted by Gasteiger charge is 1.99. The molecule has 0 aliphatic heterocycles. The molecular formula is C9H8N2O. The predicted molar refractivity (Wildman–Crippen MR) is 46.1 cm³/mol. The van der Waals surface area contributed by atoms with Crippen LogP contribution in [-0.2, 0) is 0 Å². The molecule has 0 atom stereocenters. The number of hydrogen-bond acceptors (Lipinski definition) is 3. The molecule has 1 heterocycles. The minimum Gasteiger partial charge on any atom is -0.494 e. The van der Waals surface area contributed by atoms with Crippen LogP contribution in [0.25, 0.3) is 10.9 Å². The van der Waals surface area contributed by atoms with Crippen molar-refractivity contribution in [3.05, 3.63) is 30.5 Å². The van der Waals surface area contributed by atoms with E-state index in [0.29, 0.717) is 0 Å². The zero-order valence-electron chi connectivity index (χ0n) is 6.69. The average Bonchev–Trinajstić information content (AvgIpc) is 2.17. The Morgan fingerprint density at radius 2 is 2.17 bits per heavy atom. The lowest BCUT2D eigenvalue weighted by Crippen LogP contribution is -1.88. The van der Waals surface area contributed by atoms with Gasteiger partial charge in [-0.05, 0) is 12.1 Å². The normalized spacial score (nSPS) is 10.1. The second kappa shape index (κ2) is 2.77. The SMILES string of the molecule is COc1cccc2ccnnc12. The van der Waals surface area contributed by atoms with E-state index < -0.39 is 0 Å². The second-order valence-corrected chi connectivity index (χ2v) is 2.43. The molecule has 1 aromatic carbocycles. The maximum Gasteiger partial charge on any atom is 0.146 e. The lowest BCUT2D eigenvalue weighted by molar-refractivity contribution is 0.418. The number of methoxy groups -OCH3 is 1. The molecule has 2 rings (SSSR count). The summed E-state index contributed by atoms with van der Waals surface area (Å²) < 4.78 is 5.12. The summed E-state index contributed by atoms with van der Waals surface area (Å²) >= 11 is 0. The molecule has 0 radical (unpaired) electrons. The van der Waals surface area contributed by atoms with Gasteiger partial charge in [-0.1, -0.05) is 12.1 Å². The molecule has 0 bridgehead atoms. The van der Waals surface area contributed by atoms with Crippen molar-refractivity contribution in [2.24, 2.45) is 0 Å². The van der Waals surface area contributed by atoms with E-state index in [1.54, 1.807) is 13.3 Å². The Hall–Kier alpha value is -1.64. The third-order valence-corrected chi connectivity index (χ3v) is 1.73. The molecule has 0 fully saturated rings. The first-order valence-electron chi connectivity index (χ1n) is 3.66. The first kappa shape index (κ1) is 7.03. The van der Waals surface area contributed by atoms with Crippen LogP contribution in [0.5, 0.6) is 5.75 Å². The number of ether oxygens (including phenoxy) is 1.